The van der Waals surface area contributed by atoms with E-state index in [1.807, 2.05) is 4.68 Å². The highest BCUT2D eigenvalue weighted by Crippen LogP contribution is 2.16. The molecule has 2 N–H and O–H groups in total. The third kappa shape index (κ3) is 0.724. The Balaban J connectivity index is 2.41. The zero-order valence-electron chi connectivity index (χ0n) is 5.70. The summed E-state index contributed by atoms with van der Waals surface area (Å²) in [4.78, 5) is 4.08. The first-order valence-electron chi connectivity index (χ1n) is 3.52. The smallest absolute Gasteiger partial charge is 0.138 e. The van der Waals surface area contributed by atoms with E-state index in [1.165, 1.54) is 0 Å². The summed E-state index contributed by atoms with van der Waals surface area (Å²) in [7, 11) is 0. The van der Waals surface area contributed by atoms with E-state index in [1.54, 1.807) is 6.33 Å². The first-order chi connectivity index (χ1) is 4.88. The van der Waals surface area contributed by atoms with Crippen molar-refractivity contribution in [2.24, 2.45) is 5.73 Å². The predicted octanol–water partition coefficient (Wildman–Crippen LogP) is 0.0717. The molecule has 1 unspecified atom stereocenters. The number of rotatable bonds is 0. The number of nitrogens with zero attached hydrogens (tertiary/aromatic N) is 3. The molecular formula is C6H10N4. The Bertz CT molecular complexity index is 229. The summed E-state index contributed by atoms with van der Waals surface area (Å²) in [5.74, 6) is 1.03. The highest BCUT2D eigenvalue weighted by Gasteiger charge is 2.16. The van der Waals surface area contributed by atoms with Crippen molar-refractivity contribution >= 4 is 0 Å². The average Bonchev–Trinajstić information content (AvgIpc) is 2.36. The summed E-state index contributed by atoms with van der Waals surface area (Å²) in [5.41, 5.74) is 5.75. The minimum Gasteiger partial charge on any atom is -0.310 e. The van der Waals surface area contributed by atoms with Crippen LogP contribution in [0.3, 0.4) is 0 Å². The fourth-order valence-electron chi connectivity index (χ4n) is 1.32. The molecule has 4 heteroatoms. The summed E-state index contributed by atoms with van der Waals surface area (Å²) >= 11 is 0. The number of fused-ring (bicyclic) bond motifs is 1. The normalized spacial score (nSPS) is 24.3. The summed E-state index contributed by atoms with van der Waals surface area (Å²) in [6, 6.07) is 0. The lowest BCUT2D eigenvalue weighted by Crippen LogP contribution is -2.25. The second-order valence-electron chi connectivity index (χ2n) is 2.58. The van der Waals surface area contributed by atoms with Gasteiger partial charge in [-0.3, -0.25) is 0 Å². The second-order valence-corrected chi connectivity index (χ2v) is 2.58. The number of aryl methyl sites for hydroxylation is 1. The molecule has 1 atom stereocenters. The summed E-state index contributed by atoms with van der Waals surface area (Å²) in [5, 5.41) is 4.02. The van der Waals surface area contributed by atoms with E-state index < -0.39 is 0 Å². The molecule has 0 amide bonds. The van der Waals surface area contributed by atoms with E-state index in [0.717, 1.165) is 25.1 Å². The van der Waals surface area contributed by atoms with Crippen molar-refractivity contribution in [3.8, 4) is 0 Å². The van der Waals surface area contributed by atoms with Crippen LogP contribution >= 0.6 is 0 Å². The highest BCUT2D eigenvalue weighted by molar-refractivity contribution is 4.90. The molecule has 0 radical (unpaired) electrons. The van der Waals surface area contributed by atoms with Crippen molar-refractivity contribution in [1.29, 1.82) is 0 Å². The summed E-state index contributed by atoms with van der Waals surface area (Å²) in [6.07, 6.45) is 4.82. The minimum atomic E-state index is 0.0613. The summed E-state index contributed by atoms with van der Waals surface area (Å²) < 4.78 is 1.81. The maximum absolute atomic E-state index is 5.75. The molecule has 10 heavy (non-hydrogen) atoms. The van der Waals surface area contributed by atoms with Crippen LogP contribution in [-0.4, -0.2) is 14.8 Å². The van der Waals surface area contributed by atoms with Gasteiger partial charge < -0.3 is 5.73 Å². The SMILES string of the molecule is NC1CCCc2ncnn21. The molecule has 2 rings (SSSR count). The Morgan fingerprint density at radius 2 is 2.60 bits per heavy atom. The van der Waals surface area contributed by atoms with Crippen LogP contribution in [0.1, 0.15) is 24.8 Å². The number of hydrogen-bond donors (Lipinski definition) is 1. The standard InChI is InChI=1S/C6H10N4/c7-5-2-1-3-6-8-4-9-10(5)6/h4-5H,1-3,7H2. The topological polar surface area (TPSA) is 56.7 Å². The maximum atomic E-state index is 5.75. The Morgan fingerprint density at radius 3 is 3.40 bits per heavy atom. The Hall–Kier alpha value is -0.900. The largest absolute Gasteiger partial charge is 0.310 e. The Labute approximate surface area is 59.1 Å². The molecular weight excluding hydrogens is 128 g/mol. The van der Waals surface area contributed by atoms with E-state index >= 15 is 0 Å². The van der Waals surface area contributed by atoms with Crippen LogP contribution in [0.2, 0.25) is 0 Å². The second kappa shape index (κ2) is 2.05. The van der Waals surface area contributed by atoms with E-state index in [0.29, 0.717) is 0 Å². The Morgan fingerprint density at radius 1 is 1.70 bits per heavy atom. The van der Waals surface area contributed by atoms with Gasteiger partial charge in [0.2, 0.25) is 0 Å². The van der Waals surface area contributed by atoms with Gasteiger partial charge in [0.15, 0.2) is 0 Å². The zero-order valence-corrected chi connectivity index (χ0v) is 5.70. The van der Waals surface area contributed by atoms with Gasteiger partial charge in [0, 0.05) is 6.42 Å². The molecule has 4 nitrogen and oxygen atoms in total. The van der Waals surface area contributed by atoms with Crippen molar-refractivity contribution in [2.75, 3.05) is 0 Å². The van der Waals surface area contributed by atoms with Crippen molar-refractivity contribution in [3.63, 3.8) is 0 Å². The Kier molecular flexibility index (Phi) is 1.20. The zero-order chi connectivity index (χ0) is 6.97. The quantitative estimate of drug-likeness (QED) is 0.552. The van der Waals surface area contributed by atoms with Gasteiger partial charge >= 0.3 is 0 Å². The fraction of sp³-hybridized carbons (Fsp3) is 0.667. The lowest BCUT2D eigenvalue weighted by molar-refractivity contribution is 0.372. The third-order valence-corrected chi connectivity index (χ3v) is 1.86. The number of aromatic nitrogens is 3. The van der Waals surface area contributed by atoms with Crippen LogP contribution < -0.4 is 5.73 Å². The maximum Gasteiger partial charge on any atom is 0.138 e. The minimum absolute atomic E-state index is 0.0613. The monoisotopic (exact) mass is 138 g/mol. The molecule has 0 aromatic carbocycles. The van der Waals surface area contributed by atoms with E-state index in [4.69, 9.17) is 5.73 Å². The lowest BCUT2D eigenvalue weighted by atomic mass is 10.1. The molecule has 0 bridgehead atoms. The molecule has 2 heterocycles. The van der Waals surface area contributed by atoms with Gasteiger partial charge in [0.25, 0.3) is 0 Å². The van der Waals surface area contributed by atoms with Crippen molar-refractivity contribution in [3.05, 3.63) is 12.2 Å². The third-order valence-electron chi connectivity index (χ3n) is 1.86. The predicted molar refractivity (Wildman–Crippen MR) is 36.2 cm³/mol. The molecule has 0 spiro atoms. The van der Waals surface area contributed by atoms with Gasteiger partial charge in [-0.1, -0.05) is 0 Å². The molecule has 0 fully saturated rings. The van der Waals surface area contributed by atoms with Gasteiger partial charge in [-0.2, -0.15) is 5.10 Å². The van der Waals surface area contributed by atoms with E-state index in [2.05, 4.69) is 10.1 Å². The highest BCUT2D eigenvalue weighted by atomic mass is 15.4. The molecule has 1 aromatic rings. The van der Waals surface area contributed by atoms with Crippen LogP contribution in [0.15, 0.2) is 6.33 Å². The van der Waals surface area contributed by atoms with Crippen LogP contribution in [0.25, 0.3) is 0 Å². The van der Waals surface area contributed by atoms with Crippen LogP contribution in [0.5, 0.6) is 0 Å². The van der Waals surface area contributed by atoms with Gasteiger partial charge in [-0.25, -0.2) is 9.67 Å². The molecule has 54 valence electrons. The van der Waals surface area contributed by atoms with Crippen molar-refractivity contribution < 1.29 is 0 Å². The summed E-state index contributed by atoms with van der Waals surface area (Å²) in [6.45, 7) is 0. The van der Waals surface area contributed by atoms with Gasteiger partial charge in [0.1, 0.15) is 18.3 Å². The average molecular weight is 138 g/mol. The van der Waals surface area contributed by atoms with Crippen LogP contribution in [0.4, 0.5) is 0 Å². The van der Waals surface area contributed by atoms with Gasteiger partial charge in [-0.05, 0) is 12.8 Å². The van der Waals surface area contributed by atoms with Crippen molar-refractivity contribution in [2.45, 2.75) is 25.4 Å². The lowest BCUT2D eigenvalue weighted by Gasteiger charge is -2.18. The van der Waals surface area contributed by atoms with Crippen LogP contribution in [0, 0.1) is 0 Å². The van der Waals surface area contributed by atoms with Gasteiger partial charge in [0.05, 0.1) is 0 Å². The fourth-order valence-corrected chi connectivity index (χ4v) is 1.32. The van der Waals surface area contributed by atoms with Crippen molar-refractivity contribution in [1.82, 2.24) is 14.8 Å². The first kappa shape index (κ1) is 5.85. The van der Waals surface area contributed by atoms with E-state index in [-0.39, 0.29) is 6.17 Å². The molecule has 0 aliphatic carbocycles. The number of hydrogen-bond acceptors (Lipinski definition) is 3. The molecule has 0 saturated heterocycles. The number of nitrogens with two attached hydrogens (primary N) is 1. The van der Waals surface area contributed by atoms with Gasteiger partial charge in [-0.15, -0.1) is 0 Å². The first-order valence-corrected chi connectivity index (χ1v) is 3.52. The molecule has 0 saturated carbocycles. The molecule has 1 aliphatic rings. The molecule has 1 aromatic heterocycles. The molecule has 1 aliphatic heterocycles. The van der Waals surface area contributed by atoms with Crippen LogP contribution in [-0.2, 0) is 6.42 Å². The van der Waals surface area contributed by atoms with E-state index in [9.17, 15) is 0 Å².